The quantitative estimate of drug-likeness (QED) is 0.552. The minimum Gasteiger partial charge on any atom is -0.374 e. The van der Waals surface area contributed by atoms with Gasteiger partial charge in [0, 0.05) is 25.7 Å². The van der Waals surface area contributed by atoms with Gasteiger partial charge < -0.3 is 9.69 Å². The van der Waals surface area contributed by atoms with E-state index in [4.69, 9.17) is 0 Å². The topological polar surface area (TPSA) is 20.3 Å². The van der Waals surface area contributed by atoms with E-state index >= 15 is 0 Å². The number of likely N-dealkylation sites (N-methyl/N-ethyl adjacent to an activating group) is 1. The summed E-state index contributed by atoms with van der Waals surface area (Å²) in [6.45, 7) is 1.13. The minimum absolute atomic E-state index is 0.674. The monoisotopic (exact) mass is 203 g/mol. The summed E-state index contributed by atoms with van der Waals surface area (Å²) in [4.78, 5) is 12.6. The molecule has 80 valence electrons. The van der Waals surface area contributed by atoms with E-state index in [9.17, 15) is 4.79 Å². The van der Waals surface area contributed by atoms with Crippen molar-refractivity contribution in [3.05, 3.63) is 29.3 Å². The van der Waals surface area contributed by atoms with Gasteiger partial charge in [-0.25, -0.2) is 0 Å². The third-order valence-corrected chi connectivity index (χ3v) is 3.07. The maximum atomic E-state index is 10.3. The van der Waals surface area contributed by atoms with Crippen LogP contribution in [0.4, 0.5) is 5.69 Å². The van der Waals surface area contributed by atoms with Crippen molar-refractivity contribution in [3.63, 3.8) is 0 Å². The number of hydrogen-bond acceptors (Lipinski definition) is 2. The number of para-hydroxylation sites is 1. The highest BCUT2D eigenvalue weighted by molar-refractivity contribution is 5.63. The number of fused-ring (bicyclic) bond motifs is 1. The lowest BCUT2D eigenvalue weighted by Crippen LogP contribution is -2.14. The fourth-order valence-corrected chi connectivity index (χ4v) is 2.31. The van der Waals surface area contributed by atoms with Gasteiger partial charge in [0.25, 0.3) is 0 Å². The van der Waals surface area contributed by atoms with Crippen molar-refractivity contribution in [1.29, 1.82) is 0 Å². The number of rotatable bonds is 4. The predicted molar refractivity (Wildman–Crippen MR) is 62.4 cm³/mol. The maximum absolute atomic E-state index is 10.3. The summed E-state index contributed by atoms with van der Waals surface area (Å²) in [6.07, 6.45) is 4.83. The van der Waals surface area contributed by atoms with Crippen LogP contribution in [0.1, 0.15) is 24.0 Å². The van der Waals surface area contributed by atoms with Crippen molar-refractivity contribution in [2.24, 2.45) is 0 Å². The van der Waals surface area contributed by atoms with Crippen LogP contribution in [-0.4, -0.2) is 19.9 Å². The van der Waals surface area contributed by atoms with Gasteiger partial charge in [-0.2, -0.15) is 0 Å². The standard InChI is InChI=1S/C13H17NO/c1-14-9-8-12-7-4-6-11(13(12)14)5-2-3-10-15/h4,6-7,10H,2-3,5,8-9H2,1H3. The van der Waals surface area contributed by atoms with Crippen molar-refractivity contribution < 1.29 is 4.79 Å². The third-order valence-electron chi connectivity index (χ3n) is 3.07. The number of carbonyl (C=O) groups excluding carboxylic acids is 1. The van der Waals surface area contributed by atoms with Gasteiger partial charge in [0.05, 0.1) is 0 Å². The van der Waals surface area contributed by atoms with E-state index in [0.29, 0.717) is 6.42 Å². The van der Waals surface area contributed by atoms with Crippen LogP contribution < -0.4 is 4.90 Å². The van der Waals surface area contributed by atoms with Crippen LogP contribution in [0.25, 0.3) is 0 Å². The number of nitrogens with zero attached hydrogens (tertiary/aromatic N) is 1. The molecule has 0 amide bonds. The molecule has 0 N–H and O–H groups in total. The van der Waals surface area contributed by atoms with E-state index in [1.165, 1.54) is 16.8 Å². The lowest BCUT2D eigenvalue weighted by molar-refractivity contribution is -0.107. The molecular weight excluding hydrogens is 186 g/mol. The lowest BCUT2D eigenvalue weighted by Gasteiger charge is -2.16. The van der Waals surface area contributed by atoms with Crippen LogP contribution in [0.5, 0.6) is 0 Å². The SMILES string of the molecule is CN1CCc2cccc(CCCC=O)c21. The molecule has 0 fully saturated rings. The van der Waals surface area contributed by atoms with E-state index in [-0.39, 0.29) is 0 Å². The fraction of sp³-hybridized carbons (Fsp3) is 0.462. The largest absolute Gasteiger partial charge is 0.374 e. The second-order valence-corrected chi connectivity index (χ2v) is 4.16. The number of anilines is 1. The first-order valence-corrected chi connectivity index (χ1v) is 5.58. The summed E-state index contributed by atoms with van der Waals surface area (Å²) < 4.78 is 0. The van der Waals surface area contributed by atoms with Gasteiger partial charge >= 0.3 is 0 Å². The van der Waals surface area contributed by atoms with Crippen LogP contribution in [0.3, 0.4) is 0 Å². The number of hydrogen-bond donors (Lipinski definition) is 0. The smallest absolute Gasteiger partial charge is 0.120 e. The molecule has 0 spiro atoms. The normalized spacial score (nSPS) is 14.1. The molecular formula is C13H17NO. The zero-order valence-corrected chi connectivity index (χ0v) is 9.20. The number of aldehydes is 1. The summed E-state index contributed by atoms with van der Waals surface area (Å²) in [5, 5.41) is 0. The molecule has 2 rings (SSSR count). The number of carbonyl (C=O) groups is 1. The number of benzene rings is 1. The predicted octanol–water partition coefficient (Wildman–Crippen LogP) is 2.20. The van der Waals surface area contributed by atoms with E-state index in [1.54, 1.807) is 0 Å². The molecule has 0 saturated heterocycles. The highest BCUT2D eigenvalue weighted by atomic mass is 16.1. The van der Waals surface area contributed by atoms with E-state index in [1.807, 2.05) is 0 Å². The molecule has 1 aromatic carbocycles. The maximum Gasteiger partial charge on any atom is 0.120 e. The summed E-state index contributed by atoms with van der Waals surface area (Å²) >= 11 is 0. The average molecular weight is 203 g/mol. The summed E-state index contributed by atoms with van der Waals surface area (Å²) in [5.74, 6) is 0. The molecule has 1 aliphatic heterocycles. The Morgan fingerprint density at radius 3 is 3.13 bits per heavy atom. The summed E-state index contributed by atoms with van der Waals surface area (Å²) in [6, 6.07) is 6.53. The first-order valence-electron chi connectivity index (χ1n) is 5.58. The Bertz CT molecular complexity index is 360. The Balaban J connectivity index is 2.17. The molecule has 0 bridgehead atoms. The molecule has 2 nitrogen and oxygen atoms in total. The van der Waals surface area contributed by atoms with Gasteiger partial charge in [0.1, 0.15) is 6.29 Å². The van der Waals surface area contributed by atoms with Crippen LogP contribution in [0.2, 0.25) is 0 Å². The molecule has 0 atom stereocenters. The van der Waals surface area contributed by atoms with E-state index in [2.05, 4.69) is 30.1 Å². The highest BCUT2D eigenvalue weighted by Gasteiger charge is 2.18. The summed E-state index contributed by atoms with van der Waals surface area (Å²) in [5.41, 5.74) is 4.26. The van der Waals surface area contributed by atoms with Crippen molar-refractivity contribution in [2.75, 3.05) is 18.5 Å². The van der Waals surface area contributed by atoms with E-state index in [0.717, 1.165) is 32.1 Å². The molecule has 2 heteroatoms. The molecule has 15 heavy (non-hydrogen) atoms. The van der Waals surface area contributed by atoms with E-state index < -0.39 is 0 Å². The molecule has 0 unspecified atom stereocenters. The lowest BCUT2D eigenvalue weighted by atomic mass is 10.0. The first-order chi connectivity index (χ1) is 7.33. The van der Waals surface area contributed by atoms with Crippen LogP contribution in [-0.2, 0) is 17.6 Å². The summed E-state index contributed by atoms with van der Waals surface area (Å²) in [7, 11) is 2.15. The Labute approximate surface area is 90.9 Å². The van der Waals surface area contributed by atoms with Gasteiger partial charge in [0.15, 0.2) is 0 Å². The van der Waals surface area contributed by atoms with Crippen molar-refractivity contribution in [3.8, 4) is 0 Å². The van der Waals surface area contributed by atoms with Crippen molar-refractivity contribution in [1.82, 2.24) is 0 Å². The molecule has 0 aliphatic carbocycles. The number of unbranched alkanes of at least 4 members (excludes halogenated alkanes) is 1. The third kappa shape index (κ3) is 2.04. The van der Waals surface area contributed by atoms with Gasteiger partial charge in [-0.15, -0.1) is 0 Å². The second-order valence-electron chi connectivity index (χ2n) is 4.16. The van der Waals surface area contributed by atoms with Crippen LogP contribution in [0, 0.1) is 0 Å². The molecule has 1 aromatic rings. The Hall–Kier alpha value is -1.31. The van der Waals surface area contributed by atoms with Crippen molar-refractivity contribution >= 4 is 12.0 Å². The highest BCUT2D eigenvalue weighted by Crippen LogP contribution is 2.31. The molecule has 0 saturated carbocycles. The average Bonchev–Trinajstić information content (AvgIpc) is 2.62. The number of aryl methyl sites for hydroxylation is 1. The van der Waals surface area contributed by atoms with Crippen LogP contribution in [0.15, 0.2) is 18.2 Å². The fourth-order valence-electron chi connectivity index (χ4n) is 2.31. The second kappa shape index (κ2) is 4.47. The Morgan fingerprint density at radius 2 is 2.33 bits per heavy atom. The van der Waals surface area contributed by atoms with Crippen LogP contribution >= 0.6 is 0 Å². The molecule has 0 aromatic heterocycles. The van der Waals surface area contributed by atoms with Gasteiger partial charge in [-0.05, 0) is 30.4 Å². The van der Waals surface area contributed by atoms with Gasteiger partial charge in [-0.1, -0.05) is 18.2 Å². The Morgan fingerprint density at radius 1 is 1.47 bits per heavy atom. The van der Waals surface area contributed by atoms with Crippen molar-refractivity contribution in [2.45, 2.75) is 25.7 Å². The molecule has 1 aliphatic rings. The van der Waals surface area contributed by atoms with Gasteiger partial charge in [0.2, 0.25) is 0 Å². The first kappa shape index (κ1) is 10.2. The zero-order valence-electron chi connectivity index (χ0n) is 9.20. The minimum atomic E-state index is 0.674. The Kier molecular flexibility index (Phi) is 3.05. The molecule has 0 radical (unpaired) electrons. The zero-order chi connectivity index (χ0) is 10.7. The molecule has 1 heterocycles. The van der Waals surface area contributed by atoms with Gasteiger partial charge in [-0.3, -0.25) is 0 Å².